The zero-order valence-electron chi connectivity index (χ0n) is 11.9. The highest BCUT2D eigenvalue weighted by atomic mass is 16.6. The van der Waals surface area contributed by atoms with Crippen molar-refractivity contribution in [3.8, 4) is 5.75 Å². The van der Waals surface area contributed by atoms with Gasteiger partial charge in [0.2, 0.25) is 0 Å². The fourth-order valence-electron chi connectivity index (χ4n) is 1.84. The van der Waals surface area contributed by atoms with Gasteiger partial charge in [0.1, 0.15) is 18.1 Å². The first kappa shape index (κ1) is 16.0. The smallest absolute Gasteiger partial charge is 0.357 e. The van der Waals surface area contributed by atoms with Crippen molar-refractivity contribution in [1.82, 2.24) is 9.97 Å². The molecule has 0 aliphatic carbocycles. The quantitative estimate of drug-likeness (QED) is 0.478. The summed E-state index contributed by atoms with van der Waals surface area (Å²) in [4.78, 5) is 36.9. The Hall–Kier alpha value is -3.42. The molecule has 2 N–H and O–H groups in total. The lowest BCUT2D eigenvalue weighted by Crippen LogP contribution is -2.25. The predicted molar refractivity (Wildman–Crippen MR) is 85.4 cm³/mol. The Bertz CT molecular complexity index is 879. The van der Waals surface area contributed by atoms with Crippen LogP contribution in [0.5, 0.6) is 5.75 Å². The van der Waals surface area contributed by atoms with Crippen molar-refractivity contribution < 1.29 is 9.66 Å². The Kier molecular flexibility index (Phi) is 4.88. The van der Waals surface area contributed by atoms with Crippen molar-refractivity contribution in [1.29, 1.82) is 0 Å². The van der Waals surface area contributed by atoms with Crippen LogP contribution in [0.3, 0.4) is 0 Å². The molecule has 1 aromatic carbocycles. The number of H-pyrrole nitrogens is 2. The van der Waals surface area contributed by atoms with E-state index < -0.39 is 21.9 Å². The molecule has 0 bridgehead atoms. The third-order valence-corrected chi connectivity index (χ3v) is 2.80. The highest BCUT2D eigenvalue weighted by molar-refractivity contribution is 5.72. The van der Waals surface area contributed by atoms with Gasteiger partial charge in [0.05, 0.1) is 4.92 Å². The van der Waals surface area contributed by atoms with Gasteiger partial charge in [0.15, 0.2) is 0 Å². The number of benzene rings is 1. The predicted octanol–water partition coefficient (Wildman–Crippen LogP) is 1.71. The highest BCUT2D eigenvalue weighted by Gasteiger charge is 2.18. The molecule has 1 heterocycles. The molecule has 1 aromatic heterocycles. The Morgan fingerprint density at radius 2 is 2.04 bits per heavy atom. The van der Waals surface area contributed by atoms with Crippen LogP contribution >= 0.6 is 0 Å². The van der Waals surface area contributed by atoms with Crippen LogP contribution < -0.4 is 16.0 Å². The number of nitro groups is 1. The summed E-state index contributed by atoms with van der Waals surface area (Å²) in [7, 11) is 0. The number of nitrogens with zero attached hydrogens (tertiary/aromatic N) is 1. The van der Waals surface area contributed by atoms with Gasteiger partial charge in [-0.25, -0.2) is 4.79 Å². The minimum Gasteiger partial charge on any atom is -0.490 e. The summed E-state index contributed by atoms with van der Waals surface area (Å²) < 4.78 is 5.38. The molecule has 0 radical (unpaired) electrons. The molecule has 0 saturated heterocycles. The molecule has 0 spiro atoms. The summed E-state index contributed by atoms with van der Waals surface area (Å²) in [6.45, 7) is 3.89. The maximum Gasteiger partial charge on any atom is 0.357 e. The van der Waals surface area contributed by atoms with E-state index in [2.05, 4.69) is 11.6 Å². The van der Waals surface area contributed by atoms with E-state index in [1.165, 1.54) is 12.2 Å². The Morgan fingerprint density at radius 3 is 2.74 bits per heavy atom. The Morgan fingerprint density at radius 1 is 1.26 bits per heavy atom. The van der Waals surface area contributed by atoms with Gasteiger partial charge in [-0.3, -0.25) is 19.9 Å². The van der Waals surface area contributed by atoms with Crippen LogP contribution in [0.15, 0.2) is 46.5 Å². The zero-order valence-corrected chi connectivity index (χ0v) is 11.9. The fourth-order valence-corrected chi connectivity index (χ4v) is 1.84. The van der Waals surface area contributed by atoms with E-state index in [-0.39, 0.29) is 5.69 Å². The van der Waals surface area contributed by atoms with Gasteiger partial charge in [-0.05, 0) is 23.8 Å². The second kappa shape index (κ2) is 7.03. The summed E-state index contributed by atoms with van der Waals surface area (Å²) in [5.74, 6) is 0.598. The summed E-state index contributed by atoms with van der Waals surface area (Å²) in [6, 6.07) is 6.94. The molecule has 118 valence electrons. The molecule has 0 amide bonds. The monoisotopic (exact) mass is 315 g/mol. The molecule has 0 aliphatic rings. The Balaban J connectivity index is 2.37. The molecule has 23 heavy (non-hydrogen) atoms. The second-order valence-corrected chi connectivity index (χ2v) is 4.43. The van der Waals surface area contributed by atoms with E-state index in [0.717, 1.165) is 0 Å². The van der Waals surface area contributed by atoms with Crippen LogP contribution in [0, 0.1) is 10.1 Å². The van der Waals surface area contributed by atoms with Gasteiger partial charge in [0.25, 0.3) is 0 Å². The van der Waals surface area contributed by atoms with Crippen molar-refractivity contribution in [2.24, 2.45) is 0 Å². The molecule has 2 aromatic rings. The summed E-state index contributed by atoms with van der Waals surface area (Å²) in [5.41, 5.74) is -2.09. The molecule has 0 atom stereocenters. The normalized spacial score (nSPS) is 10.6. The van der Waals surface area contributed by atoms with Crippen LogP contribution in [0.1, 0.15) is 11.3 Å². The number of aromatic amines is 2. The molecule has 2 rings (SSSR count). The van der Waals surface area contributed by atoms with E-state index in [1.54, 1.807) is 30.3 Å². The lowest BCUT2D eigenvalue weighted by atomic mass is 10.2. The topological polar surface area (TPSA) is 118 Å². The number of aromatic nitrogens is 2. The van der Waals surface area contributed by atoms with E-state index in [9.17, 15) is 19.7 Å². The first-order valence-corrected chi connectivity index (χ1v) is 6.54. The molecule has 0 aliphatic heterocycles. The molecular weight excluding hydrogens is 302 g/mol. The van der Waals surface area contributed by atoms with Crippen LogP contribution in [0.2, 0.25) is 0 Å². The van der Waals surface area contributed by atoms with Crippen LogP contribution in [0.4, 0.5) is 5.69 Å². The first-order chi connectivity index (χ1) is 11.0. The molecule has 0 saturated carbocycles. The van der Waals surface area contributed by atoms with E-state index in [4.69, 9.17) is 4.74 Å². The minimum atomic E-state index is -1.05. The standard InChI is InChI=1S/C15H13N3O5/c1-2-8-23-11-5-3-4-10(9-11)6-7-12-13(18(21)22)14(19)17-15(20)16-12/h2-7,9H,1,8H2,(H2,16,17,19,20). The minimum absolute atomic E-state index is 0.179. The fraction of sp³-hybridized carbons (Fsp3) is 0.0667. The van der Waals surface area contributed by atoms with Crippen LogP contribution in [-0.2, 0) is 0 Å². The largest absolute Gasteiger partial charge is 0.490 e. The van der Waals surface area contributed by atoms with Crippen LogP contribution in [-0.4, -0.2) is 21.5 Å². The van der Waals surface area contributed by atoms with Crippen molar-refractivity contribution >= 4 is 17.8 Å². The number of hydrogen-bond donors (Lipinski definition) is 2. The number of ether oxygens (including phenoxy) is 1. The molecular formula is C15H13N3O5. The van der Waals surface area contributed by atoms with E-state index >= 15 is 0 Å². The lowest BCUT2D eigenvalue weighted by molar-refractivity contribution is -0.386. The number of rotatable bonds is 6. The van der Waals surface area contributed by atoms with Gasteiger partial charge < -0.3 is 9.72 Å². The van der Waals surface area contributed by atoms with Crippen molar-refractivity contribution in [2.45, 2.75) is 0 Å². The third kappa shape index (κ3) is 4.03. The van der Waals surface area contributed by atoms with Crippen molar-refractivity contribution in [3.63, 3.8) is 0 Å². The molecule has 8 heteroatoms. The van der Waals surface area contributed by atoms with Crippen molar-refractivity contribution in [2.75, 3.05) is 6.61 Å². The molecule has 8 nitrogen and oxygen atoms in total. The first-order valence-electron chi connectivity index (χ1n) is 6.54. The van der Waals surface area contributed by atoms with Gasteiger partial charge in [-0.15, -0.1) is 0 Å². The van der Waals surface area contributed by atoms with Crippen molar-refractivity contribution in [3.05, 3.63) is 79.1 Å². The zero-order chi connectivity index (χ0) is 16.8. The van der Waals surface area contributed by atoms with E-state index in [1.807, 2.05) is 4.98 Å². The van der Waals surface area contributed by atoms with Gasteiger partial charge >= 0.3 is 16.9 Å². The third-order valence-electron chi connectivity index (χ3n) is 2.80. The average molecular weight is 315 g/mol. The average Bonchev–Trinajstić information content (AvgIpc) is 2.50. The SMILES string of the molecule is C=CCOc1cccc(C=Cc2[nH]c(=O)[nH]c(=O)c2[N+](=O)[O-])c1. The summed E-state index contributed by atoms with van der Waals surface area (Å²) in [6.07, 6.45) is 4.42. The summed E-state index contributed by atoms with van der Waals surface area (Å²) in [5, 5.41) is 10.9. The van der Waals surface area contributed by atoms with E-state index in [0.29, 0.717) is 17.9 Å². The van der Waals surface area contributed by atoms with Gasteiger partial charge in [0, 0.05) is 0 Å². The highest BCUT2D eigenvalue weighted by Crippen LogP contribution is 2.17. The summed E-state index contributed by atoms with van der Waals surface area (Å²) >= 11 is 0. The second-order valence-electron chi connectivity index (χ2n) is 4.43. The maximum atomic E-state index is 11.5. The number of nitrogens with one attached hydrogen (secondary N) is 2. The lowest BCUT2D eigenvalue weighted by Gasteiger charge is -2.03. The molecule has 0 fully saturated rings. The van der Waals surface area contributed by atoms with Gasteiger partial charge in [-0.1, -0.05) is 30.9 Å². The Labute approximate surface area is 129 Å². The van der Waals surface area contributed by atoms with Crippen LogP contribution in [0.25, 0.3) is 12.2 Å². The number of hydrogen-bond acceptors (Lipinski definition) is 5. The van der Waals surface area contributed by atoms with Gasteiger partial charge in [-0.2, -0.15) is 0 Å². The maximum absolute atomic E-state index is 11.5. The molecule has 0 unspecified atom stereocenters.